The van der Waals surface area contributed by atoms with Gasteiger partial charge in [-0.05, 0) is 0 Å². The first-order chi connectivity index (χ1) is 15.2. The summed E-state index contributed by atoms with van der Waals surface area (Å²) in [6.45, 7) is 9.01. The summed E-state index contributed by atoms with van der Waals surface area (Å²) in [6.07, 6.45) is 24.2. The average Bonchev–Trinajstić information content (AvgIpc) is 2.72. The van der Waals surface area contributed by atoms with Gasteiger partial charge in [0.05, 0.1) is 0 Å². The fraction of sp³-hybridized carbons (Fsp3) is 1.00. The van der Waals surface area contributed by atoms with Crippen LogP contribution >= 0.6 is 7.28 Å². The zero-order valence-electron chi connectivity index (χ0n) is 22.5. The summed E-state index contributed by atoms with van der Waals surface area (Å²) in [5.74, 6) is 0.761. The van der Waals surface area contributed by atoms with Crippen molar-refractivity contribution >= 4 is 7.28 Å². The van der Waals surface area contributed by atoms with E-state index in [1.807, 2.05) is 0 Å². The summed E-state index contributed by atoms with van der Waals surface area (Å²) in [6, 6.07) is 0. The van der Waals surface area contributed by atoms with Crippen molar-refractivity contribution in [2.24, 2.45) is 5.92 Å². The van der Waals surface area contributed by atoms with Crippen LogP contribution in [0.15, 0.2) is 0 Å². The first-order valence-corrected chi connectivity index (χ1v) is 16.8. The normalized spacial score (nSPS) is 14.6. The molecule has 0 aliphatic rings. The third-order valence-electron chi connectivity index (χ3n) is 7.15. The number of rotatable bonds is 24. The molecule has 0 aromatic heterocycles. The summed E-state index contributed by atoms with van der Waals surface area (Å²) in [7, 11) is -4.56. The van der Waals surface area contributed by atoms with Gasteiger partial charge in [-0.15, -0.1) is 0 Å². The Morgan fingerprint density at radius 2 is 0.812 bits per heavy atom. The van der Waals surface area contributed by atoms with Crippen LogP contribution in [-0.4, -0.2) is 26.5 Å². The molecular formula is C28H61O3P. The van der Waals surface area contributed by atoms with Gasteiger partial charge in [-0.3, -0.25) is 0 Å². The van der Waals surface area contributed by atoms with E-state index in [9.17, 15) is 14.7 Å². The number of hydrogen-bond donors (Lipinski definition) is 3. The summed E-state index contributed by atoms with van der Waals surface area (Å²) < 4.78 is 0. The Bertz CT molecular complexity index is 403. The Kier molecular flexibility index (Phi) is 19.8. The van der Waals surface area contributed by atoms with Crippen LogP contribution in [0.5, 0.6) is 0 Å². The van der Waals surface area contributed by atoms with Gasteiger partial charge in [-0.25, -0.2) is 0 Å². The monoisotopic (exact) mass is 476 g/mol. The first kappa shape index (κ1) is 32.3. The predicted molar refractivity (Wildman–Crippen MR) is 145 cm³/mol. The zero-order chi connectivity index (χ0) is 24.2. The van der Waals surface area contributed by atoms with Crippen molar-refractivity contribution in [3.8, 4) is 0 Å². The van der Waals surface area contributed by atoms with E-state index >= 15 is 0 Å². The van der Waals surface area contributed by atoms with Crippen LogP contribution in [-0.2, 0) is 0 Å². The molecule has 1 atom stereocenters. The molecular weight excluding hydrogens is 415 g/mol. The molecule has 0 saturated carbocycles. The van der Waals surface area contributed by atoms with E-state index in [1.165, 1.54) is 77.0 Å². The molecule has 0 spiro atoms. The van der Waals surface area contributed by atoms with Gasteiger partial charge in [0.2, 0.25) is 0 Å². The van der Waals surface area contributed by atoms with Crippen molar-refractivity contribution in [3.63, 3.8) is 0 Å². The fourth-order valence-corrected chi connectivity index (χ4v) is 7.47. The van der Waals surface area contributed by atoms with Gasteiger partial charge >= 0.3 is 202 Å². The van der Waals surface area contributed by atoms with Crippen LogP contribution in [0.25, 0.3) is 0 Å². The SMILES string of the molecule is CCCCCCCCCC(CCCCCCC(C)C)P(O)(O)(O)CCCCCCCCC. The van der Waals surface area contributed by atoms with Crippen molar-refractivity contribution in [2.45, 2.75) is 168 Å². The molecule has 0 aliphatic heterocycles. The molecule has 0 aromatic rings. The molecule has 0 heterocycles. The minimum absolute atomic E-state index is 0.216. The molecule has 0 fully saturated rings. The van der Waals surface area contributed by atoms with Crippen molar-refractivity contribution < 1.29 is 14.7 Å². The Morgan fingerprint density at radius 1 is 0.469 bits per heavy atom. The van der Waals surface area contributed by atoms with Gasteiger partial charge in [0.1, 0.15) is 0 Å². The van der Waals surface area contributed by atoms with Crippen molar-refractivity contribution in [2.75, 3.05) is 6.16 Å². The second-order valence-corrected chi connectivity index (χ2v) is 14.6. The molecule has 1 unspecified atom stereocenters. The molecule has 0 aromatic carbocycles. The Balaban J connectivity index is 4.49. The molecule has 196 valence electrons. The molecule has 4 heteroatoms. The topological polar surface area (TPSA) is 60.7 Å². The standard InChI is InChI=1S/C28H61O3P/c1-5-7-9-11-13-15-20-24-28(25-21-17-16-19-23-27(3)4)32(29,30,31)26-22-18-14-12-10-8-6-2/h27-31H,5-26H2,1-4H3. The maximum absolute atomic E-state index is 11.1. The molecule has 3 N–H and O–H groups in total. The van der Waals surface area contributed by atoms with Crippen molar-refractivity contribution in [1.82, 2.24) is 0 Å². The molecule has 0 amide bonds. The van der Waals surface area contributed by atoms with E-state index in [0.717, 1.165) is 63.7 Å². The predicted octanol–water partition coefficient (Wildman–Crippen LogP) is 9.52. The Labute approximate surface area is 202 Å². The number of unbranched alkanes of at least 4 members (excludes halogenated alkanes) is 15. The van der Waals surface area contributed by atoms with Gasteiger partial charge in [-0.2, -0.15) is 0 Å². The van der Waals surface area contributed by atoms with E-state index in [-0.39, 0.29) is 11.8 Å². The Hall–Kier alpha value is 0.310. The summed E-state index contributed by atoms with van der Waals surface area (Å²) in [5.41, 5.74) is -0.304. The molecule has 3 nitrogen and oxygen atoms in total. The van der Waals surface area contributed by atoms with Gasteiger partial charge in [0, 0.05) is 0 Å². The fourth-order valence-electron chi connectivity index (χ4n) is 4.85. The van der Waals surface area contributed by atoms with Crippen molar-refractivity contribution in [3.05, 3.63) is 0 Å². The summed E-state index contributed by atoms with van der Waals surface area (Å²) in [4.78, 5) is 33.2. The van der Waals surface area contributed by atoms with E-state index < -0.39 is 7.28 Å². The van der Waals surface area contributed by atoms with Crippen molar-refractivity contribution in [1.29, 1.82) is 0 Å². The molecule has 0 saturated heterocycles. The Morgan fingerprint density at radius 3 is 1.22 bits per heavy atom. The average molecular weight is 477 g/mol. The summed E-state index contributed by atoms with van der Waals surface area (Å²) in [5, 5.41) is 0. The molecule has 32 heavy (non-hydrogen) atoms. The first-order valence-electron chi connectivity index (χ1n) is 14.5. The molecule has 0 radical (unpaired) electrons. The number of hydrogen-bond acceptors (Lipinski definition) is 3. The van der Waals surface area contributed by atoms with E-state index in [2.05, 4.69) is 27.7 Å². The van der Waals surface area contributed by atoms with Crippen LogP contribution in [0.1, 0.15) is 163 Å². The quantitative estimate of drug-likeness (QED) is 0.0960. The third kappa shape index (κ3) is 18.7. The van der Waals surface area contributed by atoms with Gasteiger partial charge in [0.15, 0.2) is 0 Å². The molecule has 0 rings (SSSR count). The van der Waals surface area contributed by atoms with Gasteiger partial charge in [-0.1, -0.05) is 0 Å². The third-order valence-corrected chi connectivity index (χ3v) is 10.3. The van der Waals surface area contributed by atoms with Crippen LogP contribution in [0.3, 0.4) is 0 Å². The zero-order valence-corrected chi connectivity index (χ0v) is 23.4. The van der Waals surface area contributed by atoms with Crippen LogP contribution in [0.2, 0.25) is 0 Å². The second kappa shape index (κ2) is 19.6. The second-order valence-electron chi connectivity index (χ2n) is 11.0. The van der Waals surface area contributed by atoms with Crippen LogP contribution in [0.4, 0.5) is 0 Å². The van der Waals surface area contributed by atoms with Gasteiger partial charge < -0.3 is 0 Å². The molecule has 0 aliphatic carbocycles. The van der Waals surface area contributed by atoms with E-state index in [0.29, 0.717) is 0 Å². The van der Waals surface area contributed by atoms with Crippen LogP contribution < -0.4 is 0 Å². The molecule has 0 bridgehead atoms. The summed E-state index contributed by atoms with van der Waals surface area (Å²) >= 11 is 0. The minimum atomic E-state index is -4.56. The maximum atomic E-state index is 11.1. The van der Waals surface area contributed by atoms with E-state index in [1.54, 1.807) is 0 Å². The van der Waals surface area contributed by atoms with Gasteiger partial charge in [0.25, 0.3) is 0 Å². The van der Waals surface area contributed by atoms with E-state index in [4.69, 9.17) is 0 Å². The van der Waals surface area contributed by atoms with Crippen LogP contribution in [0, 0.1) is 5.92 Å².